The van der Waals surface area contributed by atoms with E-state index in [1.165, 1.54) is 33.7 Å². The molecule has 0 aromatic heterocycles. The molecule has 3 aliphatic carbocycles. The number of hydrogen-bond acceptors (Lipinski definition) is 14. The number of likely N-dealkylation sites (tertiary alicyclic amines) is 1. The summed E-state index contributed by atoms with van der Waals surface area (Å²) in [6, 6.07) is -6.25. The number of aliphatic hydroxyl groups excluding tert-OH is 1. The van der Waals surface area contributed by atoms with Gasteiger partial charge in [-0.15, -0.1) is 0 Å². The zero-order valence-electron chi connectivity index (χ0n) is 46.2. The Bertz CT molecular complexity index is 2220. The van der Waals surface area contributed by atoms with Crippen molar-refractivity contribution in [3.8, 4) is 0 Å². The normalized spacial score (nSPS) is 32.7. The van der Waals surface area contributed by atoms with E-state index in [0.29, 0.717) is 45.1 Å². The lowest BCUT2D eigenvalue weighted by Crippen LogP contribution is -2.58. The Kier molecular flexibility index (Phi) is 18.6. The van der Waals surface area contributed by atoms with E-state index in [4.69, 9.17) is 15.2 Å². The van der Waals surface area contributed by atoms with Crippen LogP contribution in [0.3, 0.4) is 0 Å². The first kappa shape index (κ1) is 59.1. The molecule has 6 aliphatic rings. The number of fused-ring (bicyclic) bond motifs is 2. The second-order valence-electron chi connectivity index (χ2n) is 23.7. The third kappa shape index (κ3) is 11.9. The number of nitrogens with two attached hydrogens (primary N) is 1. The molecule has 6 N–H and O–H groups in total. The standard InChI is InChI=1S/C54H86N8O13/c1-12-34-32(8)54(34)41(64)27-42(65)74-43(31(6)7)45(67)56-35(25-29(2)3)47(69)62-24-16-19-37(62)48(70)59(10)38(17-13-14-22-55)50(72)75-52(20-21-52)53(51(73)58-54)28-40(53)57-44(66)39(26-30(4)5)60(11)49(71)36-18-15-23-61(36)46(68)33(9)63/h29-32,34-41,43,64H,12-28,55H2,1-11H3,(H,56,67)(H,57,66)(H,58,73)/t32-,34?,35-,36-,37-,38-,39+,40?,41-,43-,53?,54?/m0/s1. The Morgan fingerprint density at radius 1 is 0.947 bits per heavy atom. The van der Waals surface area contributed by atoms with E-state index in [-0.39, 0.29) is 81.7 Å². The van der Waals surface area contributed by atoms with Crippen molar-refractivity contribution in [3.05, 3.63) is 0 Å². The van der Waals surface area contributed by atoms with E-state index in [9.17, 15) is 48.3 Å². The van der Waals surface area contributed by atoms with Gasteiger partial charge in [0.1, 0.15) is 41.2 Å². The number of nitrogens with one attached hydrogen (secondary N) is 3. The molecule has 21 nitrogen and oxygen atoms in total. The molecule has 420 valence electrons. The fraction of sp³-hybridized carbons (Fsp3) is 0.815. The maximum absolute atomic E-state index is 15.6. The van der Waals surface area contributed by atoms with Crippen LogP contribution in [0.5, 0.6) is 0 Å². The molecule has 3 saturated carbocycles. The predicted molar refractivity (Wildman–Crippen MR) is 273 cm³/mol. The summed E-state index contributed by atoms with van der Waals surface area (Å²) in [5.41, 5.74) is 1.38. The number of rotatable bonds is 15. The first-order valence-corrected chi connectivity index (χ1v) is 27.6. The lowest BCUT2D eigenvalue weighted by molar-refractivity contribution is -0.169. The summed E-state index contributed by atoms with van der Waals surface area (Å²) in [6.45, 7) is 16.5. The summed E-state index contributed by atoms with van der Waals surface area (Å²) in [5, 5.41) is 21.2. The molecular weight excluding hydrogens is 969 g/mol. The number of esters is 2. The largest absolute Gasteiger partial charge is 0.456 e. The van der Waals surface area contributed by atoms with Crippen molar-refractivity contribution >= 4 is 59.1 Å². The minimum atomic E-state index is -1.63. The van der Waals surface area contributed by atoms with Gasteiger partial charge in [-0.2, -0.15) is 0 Å². The average Bonchev–Trinajstić information content (AvgIpc) is 4.26. The third-order valence-electron chi connectivity index (χ3n) is 17.2. The van der Waals surface area contributed by atoms with Crippen LogP contribution in [0.1, 0.15) is 152 Å². The summed E-state index contributed by atoms with van der Waals surface area (Å²) in [4.78, 5) is 147. The lowest BCUT2D eigenvalue weighted by atomic mass is 9.91. The van der Waals surface area contributed by atoms with Crippen LogP contribution >= 0.6 is 0 Å². The van der Waals surface area contributed by atoms with Crippen LogP contribution in [0.2, 0.25) is 0 Å². The number of cyclic esters (lactones) is 1. The zero-order chi connectivity index (χ0) is 55.6. The van der Waals surface area contributed by atoms with Crippen molar-refractivity contribution in [1.29, 1.82) is 0 Å². The predicted octanol–water partition coefficient (Wildman–Crippen LogP) is 1.73. The van der Waals surface area contributed by atoms with Gasteiger partial charge in [-0.25, -0.2) is 4.79 Å². The number of Topliss-reactive ketones (excluding diaryl/α,β-unsaturated/α-hetero) is 1. The van der Waals surface area contributed by atoms with Gasteiger partial charge < -0.3 is 55.9 Å². The molecule has 6 fully saturated rings. The van der Waals surface area contributed by atoms with Crippen molar-refractivity contribution in [3.63, 3.8) is 0 Å². The SMILES string of the molecule is CCC1[C@H](C)C12NC(=O)C1(CC1NC(=O)[C@@H](CC(C)C)N(C)C(=O)[C@@H]1CCCN1C(=O)C(C)=O)C1(CC1)OC(=O)[C@H](CCCCN)N(C)C(=O)[C@@H]1CCCN1C(=O)[C@H](CC(C)C)NC(=O)[C@H](C(C)C)OC(=O)C[C@@H]2O. The number of carbonyl (C=O) groups is 10. The average molecular weight is 1060 g/mol. The minimum absolute atomic E-state index is 0.0126. The van der Waals surface area contributed by atoms with Gasteiger partial charge in [0.05, 0.1) is 18.1 Å². The summed E-state index contributed by atoms with van der Waals surface area (Å²) in [6.07, 6.45) is 0.446. The van der Waals surface area contributed by atoms with E-state index in [1.54, 1.807) is 13.8 Å². The monoisotopic (exact) mass is 1050 g/mol. The van der Waals surface area contributed by atoms with Gasteiger partial charge in [0.15, 0.2) is 6.10 Å². The molecule has 3 heterocycles. The molecule has 3 saturated heterocycles. The Hall–Kier alpha value is -5.18. The van der Waals surface area contributed by atoms with Crippen molar-refractivity contribution in [2.75, 3.05) is 33.7 Å². The number of hydrogen-bond donors (Lipinski definition) is 5. The number of ether oxygens (including phenoxy) is 2. The Morgan fingerprint density at radius 2 is 1.61 bits per heavy atom. The van der Waals surface area contributed by atoms with E-state index < -0.39 is 136 Å². The third-order valence-corrected chi connectivity index (χ3v) is 17.2. The highest BCUT2D eigenvalue weighted by Gasteiger charge is 2.80. The topological polar surface area (TPSA) is 284 Å². The van der Waals surface area contributed by atoms with E-state index >= 15 is 4.79 Å². The molecule has 7 amide bonds. The van der Waals surface area contributed by atoms with Crippen molar-refractivity contribution < 1.29 is 62.5 Å². The maximum Gasteiger partial charge on any atom is 0.329 e. The first-order chi connectivity index (χ1) is 35.2. The summed E-state index contributed by atoms with van der Waals surface area (Å²) < 4.78 is 12.4. The van der Waals surface area contributed by atoms with Crippen LogP contribution in [0.15, 0.2) is 0 Å². The molecule has 4 unspecified atom stereocenters. The second kappa shape index (κ2) is 23.6. The zero-order valence-corrected chi connectivity index (χ0v) is 46.2. The molecule has 0 aromatic carbocycles. The van der Waals surface area contributed by atoms with Gasteiger partial charge in [-0.3, -0.25) is 43.2 Å². The fourth-order valence-corrected chi connectivity index (χ4v) is 12.7. The van der Waals surface area contributed by atoms with Gasteiger partial charge in [-0.1, -0.05) is 61.8 Å². The molecule has 3 aliphatic heterocycles. The molecule has 0 bridgehead atoms. The van der Waals surface area contributed by atoms with Crippen LogP contribution in [-0.4, -0.2) is 177 Å². The molecule has 21 heteroatoms. The summed E-state index contributed by atoms with van der Waals surface area (Å²) >= 11 is 0. The van der Waals surface area contributed by atoms with E-state index in [2.05, 4.69) is 16.0 Å². The van der Waals surface area contributed by atoms with Crippen LogP contribution in [0, 0.1) is 35.0 Å². The number of unbranched alkanes of at least 4 members (excludes halogenated alkanes) is 1. The molecule has 3 spiro atoms. The molecule has 75 heavy (non-hydrogen) atoms. The highest BCUT2D eigenvalue weighted by atomic mass is 16.6. The lowest BCUT2D eigenvalue weighted by Gasteiger charge is -2.36. The van der Waals surface area contributed by atoms with Gasteiger partial charge in [-0.05, 0) is 113 Å². The highest BCUT2D eigenvalue weighted by molar-refractivity contribution is 6.35. The number of likely N-dealkylation sites (N-methyl/N-ethyl adjacent to an activating group) is 2. The van der Waals surface area contributed by atoms with Gasteiger partial charge in [0.2, 0.25) is 35.3 Å². The fourth-order valence-electron chi connectivity index (χ4n) is 12.7. The van der Waals surface area contributed by atoms with Gasteiger partial charge in [0, 0.05) is 40.2 Å². The van der Waals surface area contributed by atoms with Crippen LogP contribution in [-0.2, 0) is 57.4 Å². The van der Waals surface area contributed by atoms with Gasteiger partial charge in [0.25, 0.3) is 11.8 Å². The number of nitrogens with zero attached hydrogens (tertiary/aromatic N) is 4. The number of carbonyl (C=O) groups excluding carboxylic acids is 10. The molecule has 6 rings (SSSR count). The van der Waals surface area contributed by atoms with Crippen molar-refractivity contribution in [2.45, 2.75) is 212 Å². The molecular formula is C54H86N8O13. The van der Waals surface area contributed by atoms with Crippen LogP contribution < -0.4 is 21.7 Å². The van der Waals surface area contributed by atoms with Crippen LogP contribution in [0.25, 0.3) is 0 Å². The molecule has 0 aromatic rings. The Balaban J connectivity index is 1.40. The quantitative estimate of drug-likeness (QED) is 0.0888. The van der Waals surface area contributed by atoms with E-state index in [1.807, 2.05) is 41.5 Å². The number of ketones is 1. The molecule has 0 radical (unpaired) electrons. The second-order valence-corrected chi connectivity index (χ2v) is 23.7. The smallest absolute Gasteiger partial charge is 0.329 e. The number of amides is 7. The van der Waals surface area contributed by atoms with Crippen molar-refractivity contribution in [1.82, 2.24) is 35.6 Å². The number of aliphatic hydroxyl groups is 1. The first-order valence-electron chi connectivity index (χ1n) is 27.6. The van der Waals surface area contributed by atoms with Crippen molar-refractivity contribution in [2.24, 2.45) is 40.7 Å². The Morgan fingerprint density at radius 3 is 2.19 bits per heavy atom. The van der Waals surface area contributed by atoms with Crippen LogP contribution in [0.4, 0.5) is 0 Å². The van der Waals surface area contributed by atoms with E-state index in [0.717, 1.165) is 6.92 Å². The molecule has 12 atom stereocenters. The Labute approximate surface area is 442 Å². The van der Waals surface area contributed by atoms with Gasteiger partial charge >= 0.3 is 11.9 Å². The highest BCUT2D eigenvalue weighted by Crippen LogP contribution is 2.67. The maximum atomic E-state index is 15.6. The minimum Gasteiger partial charge on any atom is -0.456 e. The summed E-state index contributed by atoms with van der Waals surface area (Å²) in [5.74, 6) is -8.10. The summed E-state index contributed by atoms with van der Waals surface area (Å²) in [7, 11) is 2.96.